The maximum absolute atomic E-state index is 11.1. The van der Waals surface area contributed by atoms with E-state index in [-0.39, 0.29) is 17.3 Å². The van der Waals surface area contributed by atoms with Crippen molar-refractivity contribution in [1.82, 2.24) is 15.0 Å². The molecule has 19 heavy (non-hydrogen) atoms. The Hall–Kier alpha value is -2.77. The summed E-state index contributed by atoms with van der Waals surface area (Å²) in [4.78, 5) is 22.3. The molecule has 0 spiro atoms. The van der Waals surface area contributed by atoms with E-state index >= 15 is 0 Å². The van der Waals surface area contributed by atoms with E-state index in [1.165, 1.54) is 6.33 Å². The SMILES string of the molecule is CCNc1ncnc(Nc2cccnc2)c1[N+](=O)[O-]. The highest BCUT2D eigenvalue weighted by atomic mass is 16.6. The van der Waals surface area contributed by atoms with Gasteiger partial charge in [-0.1, -0.05) is 0 Å². The zero-order valence-corrected chi connectivity index (χ0v) is 10.2. The van der Waals surface area contributed by atoms with E-state index in [1.807, 2.05) is 6.92 Å². The Bertz CT molecular complexity index is 575. The second-order valence-corrected chi connectivity index (χ2v) is 3.57. The van der Waals surface area contributed by atoms with Crippen molar-refractivity contribution in [3.8, 4) is 0 Å². The smallest absolute Gasteiger partial charge is 0.353 e. The van der Waals surface area contributed by atoms with Gasteiger partial charge in [0.15, 0.2) is 0 Å². The lowest BCUT2D eigenvalue weighted by molar-refractivity contribution is -0.383. The van der Waals surface area contributed by atoms with Crippen molar-refractivity contribution in [1.29, 1.82) is 0 Å². The van der Waals surface area contributed by atoms with E-state index in [0.717, 1.165) is 0 Å². The van der Waals surface area contributed by atoms with Gasteiger partial charge in [0, 0.05) is 12.7 Å². The molecule has 0 saturated carbocycles. The quantitative estimate of drug-likeness (QED) is 0.625. The summed E-state index contributed by atoms with van der Waals surface area (Å²) in [6.07, 6.45) is 4.44. The van der Waals surface area contributed by atoms with Gasteiger partial charge in [-0.2, -0.15) is 0 Å². The van der Waals surface area contributed by atoms with Gasteiger partial charge in [0.1, 0.15) is 6.33 Å². The number of hydrogen-bond acceptors (Lipinski definition) is 7. The highest BCUT2D eigenvalue weighted by Gasteiger charge is 2.22. The monoisotopic (exact) mass is 260 g/mol. The normalized spacial score (nSPS) is 9.95. The molecule has 98 valence electrons. The first kappa shape index (κ1) is 12.7. The molecule has 2 aromatic rings. The number of nitrogens with one attached hydrogen (secondary N) is 2. The Morgan fingerprint density at radius 3 is 2.79 bits per heavy atom. The minimum atomic E-state index is -0.517. The van der Waals surface area contributed by atoms with Gasteiger partial charge < -0.3 is 10.6 Å². The lowest BCUT2D eigenvalue weighted by atomic mass is 10.3. The largest absolute Gasteiger partial charge is 0.364 e. The number of hydrogen-bond donors (Lipinski definition) is 2. The summed E-state index contributed by atoms with van der Waals surface area (Å²) in [6.45, 7) is 2.37. The maximum atomic E-state index is 11.1. The zero-order valence-electron chi connectivity index (χ0n) is 10.2. The summed E-state index contributed by atoms with van der Waals surface area (Å²) in [5.74, 6) is 0.317. The molecule has 8 nitrogen and oxygen atoms in total. The molecule has 0 aliphatic heterocycles. The van der Waals surface area contributed by atoms with Crippen LogP contribution in [0.3, 0.4) is 0 Å². The Kier molecular flexibility index (Phi) is 3.81. The molecule has 2 N–H and O–H groups in total. The number of aromatic nitrogens is 3. The molecular weight excluding hydrogens is 248 g/mol. The van der Waals surface area contributed by atoms with Crippen LogP contribution in [0.15, 0.2) is 30.9 Å². The third-order valence-corrected chi connectivity index (χ3v) is 2.27. The molecule has 0 atom stereocenters. The summed E-state index contributed by atoms with van der Waals surface area (Å²) >= 11 is 0. The molecule has 0 saturated heterocycles. The van der Waals surface area contributed by atoms with E-state index in [1.54, 1.807) is 24.5 Å². The van der Waals surface area contributed by atoms with Crippen molar-refractivity contribution in [2.45, 2.75) is 6.92 Å². The minimum absolute atomic E-state index is 0.129. The average Bonchev–Trinajstić information content (AvgIpc) is 2.40. The first-order valence-corrected chi connectivity index (χ1v) is 5.62. The predicted octanol–water partition coefficient (Wildman–Crippen LogP) is 1.96. The van der Waals surface area contributed by atoms with Crippen LogP contribution in [0.4, 0.5) is 23.0 Å². The first-order chi connectivity index (χ1) is 9.22. The van der Waals surface area contributed by atoms with Crippen LogP contribution in [0, 0.1) is 10.1 Å². The van der Waals surface area contributed by atoms with E-state index in [2.05, 4.69) is 25.6 Å². The molecule has 0 amide bonds. The topological polar surface area (TPSA) is 106 Å². The highest BCUT2D eigenvalue weighted by molar-refractivity contribution is 5.73. The number of nitro groups is 1. The molecule has 0 aliphatic rings. The van der Waals surface area contributed by atoms with Gasteiger partial charge in [0.25, 0.3) is 0 Å². The van der Waals surface area contributed by atoms with Gasteiger partial charge in [-0.25, -0.2) is 9.97 Å². The summed E-state index contributed by atoms with van der Waals surface area (Å²) in [6, 6.07) is 3.46. The van der Waals surface area contributed by atoms with E-state index in [0.29, 0.717) is 12.2 Å². The lowest BCUT2D eigenvalue weighted by Gasteiger charge is -2.08. The zero-order chi connectivity index (χ0) is 13.7. The third kappa shape index (κ3) is 2.92. The van der Waals surface area contributed by atoms with Crippen molar-refractivity contribution in [2.24, 2.45) is 0 Å². The minimum Gasteiger partial charge on any atom is -0.364 e. The number of rotatable bonds is 5. The Morgan fingerprint density at radius 1 is 1.37 bits per heavy atom. The molecule has 0 fully saturated rings. The van der Waals surface area contributed by atoms with Gasteiger partial charge in [-0.3, -0.25) is 15.1 Å². The highest BCUT2D eigenvalue weighted by Crippen LogP contribution is 2.30. The van der Waals surface area contributed by atoms with Crippen LogP contribution in [0.25, 0.3) is 0 Å². The standard InChI is InChI=1S/C11H12N6O2/c1-2-13-10-9(17(18)19)11(15-7-14-10)16-8-4-3-5-12-6-8/h3-7H,2H2,1H3,(H2,13,14,15,16). The van der Waals surface area contributed by atoms with Gasteiger partial charge >= 0.3 is 5.69 Å². The fraction of sp³-hybridized carbons (Fsp3) is 0.182. The number of anilines is 3. The van der Waals surface area contributed by atoms with Crippen LogP contribution in [0.1, 0.15) is 6.92 Å². The average molecular weight is 260 g/mol. The number of pyridine rings is 1. The third-order valence-electron chi connectivity index (χ3n) is 2.27. The van der Waals surface area contributed by atoms with Gasteiger partial charge in [0.05, 0.1) is 16.8 Å². The van der Waals surface area contributed by atoms with Crippen LogP contribution in [-0.4, -0.2) is 26.4 Å². The van der Waals surface area contributed by atoms with Crippen LogP contribution in [0.5, 0.6) is 0 Å². The van der Waals surface area contributed by atoms with Gasteiger partial charge in [-0.15, -0.1) is 0 Å². The fourth-order valence-electron chi connectivity index (χ4n) is 1.51. The van der Waals surface area contributed by atoms with Gasteiger partial charge in [0.2, 0.25) is 11.6 Å². The van der Waals surface area contributed by atoms with E-state index < -0.39 is 4.92 Å². The molecule has 0 unspecified atom stereocenters. The Balaban J connectivity index is 2.39. The molecule has 8 heteroatoms. The van der Waals surface area contributed by atoms with Crippen molar-refractivity contribution < 1.29 is 4.92 Å². The van der Waals surface area contributed by atoms with Crippen LogP contribution < -0.4 is 10.6 Å². The van der Waals surface area contributed by atoms with Gasteiger partial charge in [-0.05, 0) is 19.1 Å². The molecule has 2 heterocycles. The van der Waals surface area contributed by atoms with Crippen LogP contribution in [0.2, 0.25) is 0 Å². The second kappa shape index (κ2) is 5.71. The lowest BCUT2D eigenvalue weighted by Crippen LogP contribution is -2.07. The Morgan fingerprint density at radius 2 is 2.16 bits per heavy atom. The molecule has 2 aromatic heterocycles. The van der Waals surface area contributed by atoms with Crippen molar-refractivity contribution in [3.05, 3.63) is 41.0 Å². The second-order valence-electron chi connectivity index (χ2n) is 3.57. The summed E-state index contributed by atoms with van der Waals surface area (Å²) < 4.78 is 0. The first-order valence-electron chi connectivity index (χ1n) is 5.62. The summed E-state index contributed by atoms with van der Waals surface area (Å²) in [5.41, 5.74) is 0.431. The van der Waals surface area contributed by atoms with Crippen molar-refractivity contribution in [2.75, 3.05) is 17.2 Å². The van der Waals surface area contributed by atoms with Crippen LogP contribution >= 0.6 is 0 Å². The molecule has 0 aliphatic carbocycles. The summed E-state index contributed by atoms with van der Waals surface area (Å²) in [7, 11) is 0. The Labute approximate surface area is 109 Å². The molecule has 2 rings (SSSR count). The summed E-state index contributed by atoms with van der Waals surface area (Å²) in [5, 5.41) is 16.8. The fourth-order valence-corrected chi connectivity index (χ4v) is 1.51. The molecule has 0 aromatic carbocycles. The maximum Gasteiger partial charge on any atom is 0.353 e. The molecule has 0 radical (unpaired) electrons. The predicted molar refractivity (Wildman–Crippen MR) is 70.4 cm³/mol. The number of nitrogens with zero attached hydrogens (tertiary/aromatic N) is 4. The van der Waals surface area contributed by atoms with E-state index in [9.17, 15) is 10.1 Å². The van der Waals surface area contributed by atoms with Crippen LogP contribution in [-0.2, 0) is 0 Å². The van der Waals surface area contributed by atoms with Crippen molar-refractivity contribution in [3.63, 3.8) is 0 Å². The van der Waals surface area contributed by atoms with E-state index in [4.69, 9.17) is 0 Å². The molecule has 0 bridgehead atoms. The molecular formula is C11H12N6O2. The van der Waals surface area contributed by atoms with Crippen molar-refractivity contribution >= 4 is 23.0 Å².